The molecule has 3 nitrogen and oxygen atoms in total. The van der Waals surface area contributed by atoms with E-state index >= 15 is 0 Å². The van der Waals surface area contributed by atoms with Crippen molar-refractivity contribution in [2.45, 2.75) is 31.6 Å². The van der Waals surface area contributed by atoms with Crippen molar-refractivity contribution in [3.05, 3.63) is 35.9 Å². The van der Waals surface area contributed by atoms with E-state index in [1.165, 1.54) is 37.9 Å². The van der Waals surface area contributed by atoms with Crippen molar-refractivity contribution in [2.75, 3.05) is 13.1 Å². The summed E-state index contributed by atoms with van der Waals surface area (Å²) in [7, 11) is 0. The Hall–Kier alpha value is -1.35. The molecule has 0 saturated carbocycles. The van der Waals surface area contributed by atoms with Gasteiger partial charge in [0.05, 0.1) is 0 Å². The Morgan fingerprint density at radius 1 is 1.29 bits per heavy atom. The normalized spacial score (nSPS) is 17.7. The maximum atomic E-state index is 8.58. The van der Waals surface area contributed by atoms with E-state index in [9.17, 15) is 0 Å². The Labute approximate surface area is 103 Å². The molecule has 0 aliphatic carbocycles. The third-order valence-electron chi connectivity index (χ3n) is 3.62. The van der Waals surface area contributed by atoms with Crippen LogP contribution in [0.15, 0.2) is 30.3 Å². The van der Waals surface area contributed by atoms with Crippen LogP contribution in [-0.2, 0) is 10.2 Å². The zero-order valence-electron chi connectivity index (χ0n) is 10.5. The molecule has 0 atom stereocenters. The van der Waals surface area contributed by atoms with Crippen LogP contribution in [0.5, 0.6) is 0 Å². The van der Waals surface area contributed by atoms with E-state index in [1.807, 2.05) is 0 Å². The van der Waals surface area contributed by atoms with Gasteiger partial charge in [0.25, 0.3) is 0 Å². The van der Waals surface area contributed by atoms with Gasteiger partial charge in [-0.2, -0.15) is 0 Å². The first-order chi connectivity index (χ1) is 8.29. The van der Waals surface area contributed by atoms with Crippen molar-refractivity contribution >= 4 is 6.41 Å². The summed E-state index contributed by atoms with van der Waals surface area (Å²) in [6, 6.07) is 11.0. The number of primary amides is 1. The average Bonchev–Trinajstić information content (AvgIpc) is 2.41. The monoisotopic (exact) mass is 234 g/mol. The molecular weight excluding hydrogens is 212 g/mol. The minimum atomic E-state index is 0.250. The Kier molecular flexibility index (Phi) is 5.70. The van der Waals surface area contributed by atoms with Gasteiger partial charge in [-0.15, -0.1) is 0 Å². The first kappa shape index (κ1) is 13.7. The Morgan fingerprint density at radius 3 is 2.29 bits per heavy atom. The number of carbonyl (C=O) groups excluding carboxylic acids is 1. The van der Waals surface area contributed by atoms with E-state index < -0.39 is 0 Å². The second-order valence-electron chi connectivity index (χ2n) is 4.39. The molecule has 0 unspecified atom stereocenters. The van der Waals surface area contributed by atoms with E-state index in [0.717, 1.165) is 0 Å². The molecular formula is C14H22N2O. The molecule has 1 aliphatic rings. The molecule has 1 fully saturated rings. The van der Waals surface area contributed by atoms with Crippen LogP contribution in [0.25, 0.3) is 0 Å². The summed E-state index contributed by atoms with van der Waals surface area (Å²) in [5.74, 6) is 0. The number of nitrogens with two attached hydrogens (primary N) is 1. The van der Waals surface area contributed by atoms with Gasteiger partial charge in [-0.1, -0.05) is 37.3 Å². The van der Waals surface area contributed by atoms with Crippen LogP contribution in [0, 0.1) is 0 Å². The predicted molar refractivity (Wildman–Crippen MR) is 70.8 cm³/mol. The fourth-order valence-electron chi connectivity index (χ4n) is 2.54. The van der Waals surface area contributed by atoms with Gasteiger partial charge in [0, 0.05) is 0 Å². The van der Waals surface area contributed by atoms with Crippen LogP contribution in [-0.4, -0.2) is 19.5 Å². The number of nitrogens with one attached hydrogen (secondary N) is 1. The lowest BCUT2D eigenvalue weighted by Crippen LogP contribution is -2.39. The molecule has 3 heteroatoms. The van der Waals surface area contributed by atoms with E-state index in [1.54, 1.807) is 0 Å². The van der Waals surface area contributed by atoms with Crippen molar-refractivity contribution < 1.29 is 4.79 Å². The van der Waals surface area contributed by atoms with Crippen molar-refractivity contribution in [1.29, 1.82) is 0 Å². The van der Waals surface area contributed by atoms with E-state index in [-0.39, 0.29) is 6.41 Å². The summed E-state index contributed by atoms with van der Waals surface area (Å²) in [6.45, 7) is 4.66. The largest absolute Gasteiger partial charge is 0.372 e. The van der Waals surface area contributed by atoms with Crippen molar-refractivity contribution in [3.63, 3.8) is 0 Å². The quantitative estimate of drug-likeness (QED) is 0.767. The van der Waals surface area contributed by atoms with Crippen LogP contribution in [0.2, 0.25) is 0 Å². The lowest BCUT2D eigenvalue weighted by atomic mass is 9.71. The average molecular weight is 234 g/mol. The fraction of sp³-hybridized carbons (Fsp3) is 0.500. The second kappa shape index (κ2) is 7.07. The van der Waals surface area contributed by atoms with Gasteiger partial charge in [-0.25, -0.2) is 0 Å². The molecule has 0 aromatic heterocycles. The van der Waals surface area contributed by atoms with Crippen molar-refractivity contribution in [2.24, 2.45) is 5.73 Å². The van der Waals surface area contributed by atoms with Crippen LogP contribution in [0.3, 0.4) is 0 Å². The van der Waals surface area contributed by atoms with E-state index in [0.29, 0.717) is 5.41 Å². The van der Waals surface area contributed by atoms with Crippen molar-refractivity contribution in [3.8, 4) is 0 Å². The van der Waals surface area contributed by atoms with Gasteiger partial charge >= 0.3 is 0 Å². The molecule has 0 spiro atoms. The minimum Gasteiger partial charge on any atom is -0.372 e. The first-order valence-corrected chi connectivity index (χ1v) is 6.20. The first-order valence-electron chi connectivity index (χ1n) is 6.20. The zero-order chi connectivity index (χ0) is 12.6. The Morgan fingerprint density at radius 2 is 1.82 bits per heavy atom. The van der Waals surface area contributed by atoms with Gasteiger partial charge in [-0.3, -0.25) is 4.79 Å². The van der Waals surface area contributed by atoms with Gasteiger partial charge in [-0.05, 0) is 43.3 Å². The molecule has 1 aromatic rings. The summed E-state index contributed by atoms with van der Waals surface area (Å²) in [5.41, 5.74) is 6.15. The van der Waals surface area contributed by atoms with E-state index in [2.05, 4.69) is 48.3 Å². The number of rotatable bonds is 2. The van der Waals surface area contributed by atoms with Gasteiger partial charge in [0.2, 0.25) is 6.41 Å². The van der Waals surface area contributed by atoms with Crippen molar-refractivity contribution in [1.82, 2.24) is 5.32 Å². The predicted octanol–water partition coefficient (Wildman–Crippen LogP) is 1.82. The molecule has 1 saturated heterocycles. The molecule has 0 bridgehead atoms. The second-order valence-corrected chi connectivity index (χ2v) is 4.39. The topological polar surface area (TPSA) is 55.1 Å². The fourth-order valence-corrected chi connectivity index (χ4v) is 2.54. The summed E-state index contributed by atoms with van der Waals surface area (Å²) in [5, 5.41) is 3.44. The highest BCUT2D eigenvalue weighted by Gasteiger charge is 2.31. The lowest BCUT2D eigenvalue weighted by Gasteiger charge is -2.37. The molecule has 0 radical (unpaired) electrons. The third-order valence-corrected chi connectivity index (χ3v) is 3.62. The maximum absolute atomic E-state index is 8.58. The molecule has 3 N–H and O–H groups in total. The molecule has 1 aromatic carbocycles. The third kappa shape index (κ3) is 3.56. The molecule has 94 valence electrons. The Balaban J connectivity index is 0.000000437. The smallest absolute Gasteiger partial charge is 0.204 e. The number of hydrogen-bond acceptors (Lipinski definition) is 2. The Bertz CT molecular complexity index is 318. The minimum absolute atomic E-state index is 0.250. The summed E-state index contributed by atoms with van der Waals surface area (Å²) >= 11 is 0. The molecule has 1 amide bonds. The summed E-state index contributed by atoms with van der Waals surface area (Å²) in [6.07, 6.45) is 4.08. The number of benzene rings is 1. The summed E-state index contributed by atoms with van der Waals surface area (Å²) < 4.78 is 0. The molecule has 2 rings (SSSR count). The standard InChI is InChI=1S/C13H19N.CH3NO/c1-2-13(8-10-14-11-9-13)12-6-4-3-5-7-12;2-1-3/h3-7,14H,2,8-11H2,1H3;1H,(H2,2,3). The van der Waals surface area contributed by atoms with Gasteiger partial charge in [0.1, 0.15) is 0 Å². The summed E-state index contributed by atoms with van der Waals surface area (Å²) in [4.78, 5) is 8.58. The number of hydrogen-bond donors (Lipinski definition) is 2. The highest BCUT2D eigenvalue weighted by Crippen LogP contribution is 2.36. The van der Waals surface area contributed by atoms with E-state index in [4.69, 9.17) is 4.79 Å². The number of carbonyl (C=O) groups is 1. The van der Waals surface area contributed by atoms with Gasteiger partial charge < -0.3 is 11.1 Å². The maximum Gasteiger partial charge on any atom is 0.204 e. The highest BCUT2D eigenvalue weighted by molar-refractivity contribution is 5.42. The van der Waals surface area contributed by atoms with Crippen LogP contribution in [0.4, 0.5) is 0 Å². The zero-order valence-corrected chi connectivity index (χ0v) is 10.5. The highest BCUT2D eigenvalue weighted by atomic mass is 16.1. The lowest BCUT2D eigenvalue weighted by molar-refractivity contribution is -0.106. The van der Waals surface area contributed by atoms with Crippen LogP contribution in [0.1, 0.15) is 31.7 Å². The number of amides is 1. The molecule has 1 aliphatic heterocycles. The molecule has 1 heterocycles. The van der Waals surface area contributed by atoms with Crippen LogP contribution >= 0.6 is 0 Å². The SMILES string of the molecule is CCC1(c2ccccc2)CCNCC1.NC=O. The molecule has 17 heavy (non-hydrogen) atoms. The number of piperidine rings is 1. The van der Waals surface area contributed by atoms with Crippen LogP contribution < -0.4 is 11.1 Å². The van der Waals surface area contributed by atoms with Gasteiger partial charge in [0.15, 0.2) is 0 Å².